The standard InChI is InChI=1S/C25H21N3O3S/c1-17-7-5-11-20(13-17)26-23(29)16-31-21-12-6-8-18(14-21)15-22-24(30)28-25(32-22)27-19-9-3-2-4-10-19/h2-15H,16H2,1H3,(H,26,29)(H,27,28,30)/b22-15-. The maximum Gasteiger partial charge on any atom is 0.264 e. The summed E-state index contributed by atoms with van der Waals surface area (Å²) in [6, 6.07) is 24.3. The predicted molar refractivity (Wildman–Crippen MR) is 129 cm³/mol. The molecule has 0 bridgehead atoms. The van der Waals surface area contributed by atoms with Crippen molar-refractivity contribution >= 4 is 46.2 Å². The third-order valence-electron chi connectivity index (χ3n) is 4.47. The molecule has 2 amide bonds. The van der Waals surface area contributed by atoms with E-state index in [1.54, 1.807) is 18.2 Å². The van der Waals surface area contributed by atoms with Gasteiger partial charge in [0.1, 0.15) is 5.75 Å². The second-order valence-corrected chi connectivity index (χ2v) is 8.13. The van der Waals surface area contributed by atoms with E-state index in [1.807, 2.05) is 73.7 Å². The molecule has 0 spiro atoms. The van der Waals surface area contributed by atoms with Crippen LogP contribution >= 0.6 is 11.8 Å². The van der Waals surface area contributed by atoms with E-state index in [2.05, 4.69) is 15.6 Å². The number of amidine groups is 1. The smallest absolute Gasteiger partial charge is 0.264 e. The highest BCUT2D eigenvalue weighted by molar-refractivity contribution is 8.18. The Balaban J connectivity index is 1.38. The van der Waals surface area contributed by atoms with Gasteiger partial charge in [0.25, 0.3) is 11.8 Å². The molecule has 32 heavy (non-hydrogen) atoms. The van der Waals surface area contributed by atoms with Gasteiger partial charge in [0.15, 0.2) is 11.8 Å². The number of thioether (sulfide) groups is 1. The zero-order valence-corrected chi connectivity index (χ0v) is 18.2. The summed E-state index contributed by atoms with van der Waals surface area (Å²) in [6.45, 7) is 1.85. The molecule has 0 saturated carbocycles. The number of benzene rings is 3. The van der Waals surface area contributed by atoms with Crippen LogP contribution in [0.1, 0.15) is 11.1 Å². The van der Waals surface area contributed by atoms with Crippen LogP contribution in [-0.2, 0) is 9.59 Å². The maximum atomic E-state index is 12.3. The fraction of sp³-hybridized carbons (Fsp3) is 0.0800. The maximum absolute atomic E-state index is 12.3. The second kappa shape index (κ2) is 9.98. The van der Waals surface area contributed by atoms with Crippen LogP contribution in [0, 0.1) is 6.92 Å². The quantitative estimate of drug-likeness (QED) is 0.531. The van der Waals surface area contributed by atoms with Crippen molar-refractivity contribution in [1.29, 1.82) is 0 Å². The Morgan fingerprint density at radius 3 is 2.69 bits per heavy atom. The summed E-state index contributed by atoms with van der Waals surface area (Å²) >= 11 is 1.28. The number of nitrogens with zero attached hydrogens (tertiary/aromatic N) is 1. The van der Waals surface area contributed by atoms with E-state index < -0.39 is 0 Å². The van der Waals surface area contributed by atoms with Gasteiger partial charge in [-0.3, -0.25) is 9.59 Å². The van der Waals surface area contributed by atoms with E-state index in [-0.39, 0.29) is 18.4 Å². The summed E-state index contributed by atoms with van der Waals surface area (Å²) in [6.07, 6.45) is 1.77. The summed E-state index contributed by atoms with van der Waals surface area (Å²) in [5, 5.41) is 6.12. The van der Waals surface area contributed by atoms with Crippen LogP contribution < -0.4 is 15.4 Å². The van der Waals surface area contributed by atoms with Crippen LogP contribution in [0.15, 0.2) is 88.8 Å². The molecule has 7 heteroatoms. The Labute approximate surface area is 190 Å². The van der Waals surface area contributed by atoms with Crippen molar-refractivity contribution in [3.8, 4) is 5.75 Å². The summed E-state index contributed by atoms with van der Waals surface area (Å²) in [7, 11) is 0. The van der Waals surface area contributed by atoms with Crippen LogP contribution in [0.25, 0.3) is 6.08 Å². The Kier molecular flexibility index (Phi) is 6.67. The van der Waals surface area contributed by atoms with E-state index >= 15 is 0 Å². The molecule has 160 valence electrons. The van der Waals surface area contributed by atoms with Crippen molar-refractivity contribution in [2.24, 2.45) is 4.99 Å². The van der Waals surface area contributed by atoms with E-state index in [4.69, 9.17) is 4.74 Å². The number of hydrogen-bond donors (Lipinski definition) is 2. The van der Waals surface area contributed by atoms with Crippen molar-refractivity contribution in [3.05, 3.63) is 94.9 Å². The van der Waals surface area contributed by atoms with Gasteiger partial charge in [-0.15, -0.1) is 0 Å². The van der Waals surface area contributed by atoms with Gasteiger partial charge in [-0.2, -0.15) is 0 Å². The number of anilines is 1. The number of ether oxygens (including phenoxy) is 1. The minimum absolute atomic E-state index is 0.114. The molecular weight excluding hydrogens is 422 g/mol. The first kappa shape index (κ1) is 21.4. The molecule has 4 rings (SSSR count). The van der Waals surface area contributed by atoms with Crippen molar-refractivity contribution < 1.29 is 14.3 Å². The van der Waals surface area contributed by atoms with Gasteiger partial charge in [0.05, 0.1) is 10.6 Å². The van der Waals surface area contributed by atoms with Gasteiger partial charge in [0.2, 0.25) is 0 Å². The van der Waals surface area contributed by atoms with Crippen LogP contribution in [0.3, 0.4) is 0 Å². The summed E-state index contributed by atoms with van der Waals surface area (Å²) in [5.74, 6) is 0.0979. The van der Waals surface area contributed by atoms with Crippen molar-refractivity contribution in [2.75, 3.05) is 11.9 Å². The van der Waals surface area contributed by atoms with Crippen LogP contribution in [0.4, 0.5) is 11.4 Å². The monoisotopic (exact) mass is 443 g/mol. The van der Waals surface area contributed by atoms with E-state index in [0.29, 0.717) is 15.8 Å². The molecule has 3 aromatic rings. The largest absolute Gasteiger partial charge is 0.484 e. The first-order valence-corrected chi connectivity index (χ1v) is 10.8. The highest BCUT2D eigenvalue weighted by Crippen LogP contribution is 2.28. The molecule has 0 unspecified atom stereocenters. The Morgan fingerprint density at radius 2 is 1.88 bits per heavy atom. The van der Waals surface area contributed by atoms with Crippen molar-refractivity contribution in [2.45, 2.75) is 6.92 Å². The predicted octanol–water partition coefficient (Wildman–Crippen LogP) is 4.90. The third-order valence-corrected chi connectivity index (χ3v) is 5.38. The van der Waals surface area contributed by atoms with Crippen LogP contribution in [-0.4, -0.2) is 23.6 Å². The molecule has 0 aromatic heterocycles. The second-order valence-electron chi connectivity index (χ2n) is 7.10. The van der Waals surface area contributed by atoms with Crippen molar-refractivity contribution in [3.63, 3.8) is 0 Å². The molecule has 1 heterocycles. The molecule has 3 aromatic carbocycles. The van der Waals surface area contributed by atoms with E-state index in [0.717, 1.165) is 22.5 Å². The molecule has 6 nitrogen and oxygen atoms in total. The van der Waals surface area contributed by atoms with Gasteiger partial charge in [-0.25, -0.2) is 4.99 Å². The average Bonchev–Trinajstić information content (AvgIpc) is 3.12. The first-order chi connectivity index (χ1) is 15.5. The highest BCUT2D eigenvalue weighted by Gasteiger charge is 2.23. The number of aryl methyl sites for hydroxylation is 1. The number of carbonyl (C=O) groups excluding carboxylic acids is 2. The van der Waals surface area contributed by atoms with Gasteiger partial charge in [0, 0.05) is 5.69 Å². The molecule has 1 aliphatic heterocycles. The van der Waals surface area contributed by atoms with E-state index in [9.17, 15) is 9.59 Å². The van der Waals surface area contributed by atoms with Crippen LogP contribution in [0.5, 0.6) is 5.75 Å². The Bertz CT molecular complexity index is 1210. The van der Waals surface area contributed by atoms with Crippen LogP contribution in [0.2, 0.25) is 0 Å². The topological polar surface area (TPSA) is 79.8 Å². The lowest BCUT2D eigenvalue weighted by Gasteiger charge is -2.08. The van der Waals surface area contributed by atoms with Gasteiger partial charge < -0.3 is 15.4 Å². The molecule has 1 aliphatic rings. The summed E-state index contributed by atoms with van der Waals surface area (Å²) < 4.78 is 5.63. The number of para-hydroxylation sites is 1. The number of carbonyl (C=O) groups is 2. The minimum atomic E-state index is -0.244. The summed E-state index contributed by atoms with van der Waals surface area (Å²) in [4.78, 5) is 29.5. The lowest BCUT2D eigenvalue weighted by Crippen LogP contribution is -2.20. The number of amides is 2. The lowest BCUT2D eigenvalue weighted by molar-refractivity contribution is -0.118. The zero-order chi connectivity index (χ0) is 22.3. The Morgan fingerprint density at radius 1 is 1.06 bits per heavy atom. The minimum Gasteiger partial charge on any atom is -0.484 e. The Hall–Kier alpha value is -3.84. The van der Waals surface area contributed by atoms with E-state index in [1.165, 1.54) is 11.8 Å². The highest BCUT2D eigenvalue weighted by atomic mass is 32.2. The molecule has 1 fully saturated rings. The van der Waals surface area contributed by atoms with Gasteiger partial charge in [-0.1, -0.05) is 42.5 Å². The molecule has 0 radical (unpaired) electrons. The fourth-order valence-corrected chi connectivity index (χ4v) is 3.86. The lowest BCUT2D eigenvalue weighted by atomic mass is 10.2. The SMILES string of the molecule is Cc1cccc(NC(=O)COc2cccc(/C=C3\SC(=Nc4ccccc4)NC3=O)c2)c1. The molecule has 0 aliphatic carbocycles. The van der Waals surface area contributed by atoms with Gasteiger partial charge in [-0.05, 0) is 72.3 Å². The van der Waals surface area contributed by atoms with Gasteiger partial charge >= 0.3 is 0 Å². The average molecular weight is 444 g/mol. The third kappa shape index (κ3) is 5.86. The number of aliphatic imine (C=N–C) groups is 1. The molecular formula is C25H21N3O3S. The number of rotatable bonds is 6. The first-order valence-electron chi connectivity index (χ1n) is 9.99. The van der Waals surface area contributed by atoms with Crippen molar-refractivity contribution in [1.82, 2.24) is 5.32 Å². The number of nitrogens with one attached hydrogen (secondary N) is 2. The fourth-order valence-electron chi connectivity index (χ4n) is 3.01. The molecule has 1 saturated heterocycles. The normalized spacial score (nSPS) is 15.6. The zero-order valence-electron chi connectivity index (χ0n) is 17.4. The molecule has 0 atom stereocenters. The number of hydrogen-bond acceptors (Lipinski definition) is 5. The summed E-state index contributed by atoms with van der Waals surface area (Å²) in [5.41, 5.74) is 3.36. The molecule has 2 N–H and O–H groups in total.